The van der Waals surface area contributed by atoms with Gasteiger partial charge in [0.1, 0.15) is 5.76 Å². The highest BCUT2D eigenvalue weighted by Gasteiger charge is 2.70. The van der Waals surface area contributed by atoms with Gasteiger partial charge in [-0.1, -0.05) is 22.9 Å². The molecule has 162 valence electrons. The number of amides is 2. The van der Waals surface area contributed by atoms with E-state index in [4.69, 9.17) is 16.0 Å². The van der Waals surface area contributed by atoms with E-state index in [0.717, 1.165) is 22.1 Å². The molecule has 0 radical (unpaired) electrons. The average Bonchev–Trinajstić information content (AvgIpc) is 3.57. The van der Waals surface area contributed by atoms with Crippen molar-refractivity contribution in [2.45, 2.75) is 22.6 Å². The zero-order valence-corrected chi connectivity index (χ0v) is 19.0. The number of carbonyl (C=O) groups excluding carboxylic acids is 2. The maximum Gasteiger partial charge on any atom is 0.305 e. The Morgan fingerprint density at radius 1 is 1.03 bits per heavy atom. The highest BCUT2D eigenvalue weighted by Crippen LogP contribution is 2.68. The van der Waals surface area contributed by atoms with Crippen LogP contribution in [0.3, 0.4) is 0 Å². The molecular formula is C23H17ClN2O4S2. The molecule has 7 rings (SSSR count). The minimum atomic E-state index is -0.320. The molecule has 1 aromatic carbocycles. The van der Waals surface area contributed by atoms with Gasteiger partial charge in [-0.25, -0.2) is 0 Å². The summed E-state index contributed by atoms with van der Waals surface area (Å²) in [5.74, 6) is 0.252. The first-order valence-electron chi connectivity index (χ1n) is 10.6. The fraction of sp³-hybridized carbons (Fsp3) is 0.348. The fourth-order valence-corrected chi connectivity index (χ4v) is 9.64. The van der Waals surface area contributed by atoms with Crippen LogP contribution in [0.15, 0.2) is 56.9 Å². The van der Waals surface area contributed by atoms with E-state index in [1.807, 2.05) is 12.1 Å². The summed E-state index contributed by atoms with van der Waals surface area (Å²) in [6.45, 7) is 0. The summed E-state index contributed by atoms with van der Waals surface area (Å²) in [4.78, 5) is 44.5. The number of benzene rings is 1. The van der Waals surface area contributed by atoms with Crippen LogP contribution in [-0.4, -0.2) is 22.0 Å². The topological polar surface area (TPSA) is 83.4 Å². The van der Waals surface area contributed by atoms with Crippen LogP contribution in [0.5, 0.6) is 0 Å². The van der Waals surface area contributed by atoms with E-state index in [2.05, 4.69) is 4.98 Å². The Labute approximate surface area is 195 Å². The number of H-pyrrole nitrogens is 1. The van der Waals surface area contributed by atoms with Crippen molar-refractivity contribution in [2.24, 2.45) is 29.6 Å². The summed E-state index contributed by atoms with van der Waals surface area (Å²) >= 11 is 8.92. The van der Waals surface area contributed by atoms with E-state index >= 15 is 0 Å². The summed E-state index contributed by atoms with van der Waals surface area (Å²) in [6, 6.07) is 10.7. The van der Waals surface area contributed by atoms with E-state index in [1.165, 1.54) is 16.2 Å². The molecule has 7 atom stereocenters. The van der Waals surface area contributed by atoms with Gasteiger partial charge in [0.05, 0.1) is 39.6 Å². The van der Waals surface area contributed by atoms with Gasteiger partial charge in [-0.15, -0.1) is 11.8 Å². The molecule has 1 N–H and O–H groups in total. The monoisotopic (exact) mass is 484 g/mol. The number of carbonyl (C=O) groups is 2. The summed E-state index contributed by atoms with van der Waals surface area (Å²) in [5.41, 5.74) is 0.583. The first-order valence-corrected chi connectivity index (χ1v) is 12.7. The van der Waals surface area contributed by atoms with Crippen molar-refractivity contribution in [3.05, 3.63) is 68.0 Å². The fourth-order valence-electron chi connectivity index (χ4n) is 6.65. The quantitative estimate of drug-likeness (QED) is 0.546. The highest BCUT2D eigenvalue weighted by molar-refractivity contribution is 8.00. The van der Waals surface area contributed by atoms with E-state index < -0.39 is 0 Å². The Hall–Kier alpha value is -2.29. The minimum Gasteiger partial charge on any atom is -0.469 e. The standard InChI is InChI=1S/C23H17ClN2O4S2/c24-9-3-5-10(6-4-9)26-21(27)15-11-8-12(16(15)22(26)28)18-14(11)17(13-2-1-7-30-13)19-20(31-18)25-23(29)32-19/h1-7,11-12,14-18H,8H2,(H,25,29)/t11-,12-,14-,15+,16-,17+,18-/m1/s1. The molecule has 6 nitrogen and oxygen atoms in total. The lowest BCUT2D eigenvalue weighted by Crippen LogP contribution is -2.42. The lowest BCUT2D eigenvalue weighted by Gasteiger charge is -2.42. The third-order valence-corrected chi connectivity index (χ3v) is 10.5. The SMILES string of the molecule is O=C1[C@@H]2[C@H]3C[C@@H]([C@@H]2C(=O)N1c1ccc(Cl)cc1)[C@@H]1[C@H](c2ccco2)c2sc(=O)[nH]c2S[C@H]31. The number of hydrogen-bond acceptors (Lipinski definition) is 6. The molecule has 4 aliphatic rings. The Balaban J connectivity index is 1.32. The van der Waals surface area contributed by atoms with Crippen LogP contribution in [0.1, 0.15) is 23.0 Å². The van der Waals surface area contributed by atoms with Gasteiger partial charge in [-0.3, -0.25) is 19.3 Å². The molecule has 2 amide bonds. The molecule has 2 aromatic heterocycles. The summed E-state index contributed by atoms with van der Waals surface area (Å²) < 4.78 is 5.82. The molecule has 9 heteroatoms. The molecule has 4 heterocycles. The summed E-state index contributed by atoms with van der Waals surface area (Å²) in [6.07, 6.45) is 2.52. The van der Waals surface area contributed by atoms with Crippen LogP contribution in [-0.2, 0) is 9.59 Å². The van der Waals surface area contributed by atoms with E-state index in [0.29, 0.717) is 10.7 Å². The van der Waals surface area contributed by atoms with Gasteiger partial charge in [-0.05, 0) is 60.6 Å². The van der Waals surface area contributed by atoms with Gasteiger partial charge in [0.15, 0.2) is 0 Å². The third-order valence-electron chi connectivity index (χ3n) is 7.66. The number of hydrogen-bond donors (Lipinski definition) is 1. The van der Waals surface area contributed by atoms with Crippen molar-refractivity contribution in [3.63, 3.8) is 0 Å². The number of nitrogens with zero attached hydrogens (tertiary/aromatic N) is 1. The number of anilines is 1. The molecule has 0 unspecified atom stereocenters. The number of rotatable bonds is 2. The van der Waals surface area contributed by atoms with Crippen LogP contribution >= 0.6 is 34.7 Å². The smallest absolute Gasteiger partial charge is 0.305 e. The number of fused-ring (bicyclic) bond motifs is 9. The molecule has 2 aliphatic heterocycles. The predicted octanol–water partition coefficient (Wildman–Crippen LogP) is 4.36. The predicted molar refractivity (Wildman–Crippen MR) is 121 cm³/mol. The third kappa shape index (κ3) is 2.40. The normalized spacial score (nSPS) is 34.7. The first-order chi connectivity index (χ1) is 15.5. The van der Waals surface area contributed by atoms with Gasteiger partial charge in [0, 0.05) is 10.3 Å². The number of aromatic amines is 1. The number of thiazole rings is 1. The second kappa shape index (κ2) is 6.62. The van der Waals surface area contributed by atoms with Crippen LogP contribution in [0.25, 0.3) is 0 Å². The van der Waals surface area contributed by atoms with Crippen molar-refractivity contribution < 1.29 is 14.0 Å². The minimum absolute atomic E-state index is 0.0707. The molecule has 32 heavy (non-hydrogen) atoms. The van der Waals surface area contributed by atoms with Gasteiger partial charge in [0.2, 0.25) is 11.8 Å². The van der Waals surface area contributed by atoms with E-state index in [1.54, 1.807) is 42.3 Å². The van der Waals surface area contributed by atoms with E-state index in [-0.39, 0.29) is 57.4 Å². The molecule has 3 fully saturated rings. The number of imide groups is 1. The molecule has 2 bridgehead atoms. The Bertz CT molecular complexity index is 1310. The highest BCUT2D eigenvalue weighted by atomic mass is 35.5. The van der Waals surface area contributed by atoms with E-state index in [9.17, 15) is 14.4 Å². The Kier molecular flexibility index (Phi) is 3.97. The second-order valence-electron chi connectivity index (χ2n) is 8.96. The molecule has 2 saturated carbocycles. The van der Waals surface area contributed by atoms with Crippen molar-refractivity contribution in [2.75, 3.05) is 4.90 Å². The average molecular weight is 485 g/mol. The summed E-state index contributed by atoms with van der Waals surface area (Å²) in [7, 11) is 0. The lowest BCUT2D eigenvalue weighted by molar-refractivity contribution is -0.123. The zero-order valence-electron chi connectivity index (χ0n) is 16.6. The largest absolute Gasteiger partial charge is 0.469 e. The van der Waals surface area contributed by atoms with Crippen molar-refractivity contribution in [1.29, 1.82) is 0 Å². The Morgan fingerprint density at radius 2 is 1.78 bits per heavy atom. The zero-order chi connectivity index (χ0) is 21.7. The maximum atomic E-state index is 13.6. The molecule has 1 saturated heterocycles. The molecule has 0 spiro atoms. The first kappa shape index (κ1) is 19.2. The maximum absolute atomic E-state index is 13.6. The molecule has 2 aliphatic carbocycles. The molecule has 3 aromatic rings. The van der Waals surface area contributed by atoms with Crippen LogP contribution in [0.4, 0.5) is 5.69 Å². The number of thioether (sulfide) groups is 1. The number of halogens is 1. The van der Waals surface area contributed by atoms with Crippen LogP contribution in [0.2, 0.25) is 5.02 Å². The van der Waals surface area contributed by atoms with Gasteiger partial charge in [-0.2, -0.15) is 0 Å². The van der Waals surface area contributed by atoms with Gasteiger partial charge in [0.25, 0.3) is 0 Å². The number of aromatic nitrogens is 1. The number of furan rings is 1. The van der Waals surface area contributed by atoms with Crippen LogP contribution in [0, 0.1) is 29.6 Å². The van der Waals surface area contributed by atoms with Crippen molar-refractivity contribution in [1.82, 2.24) is 4.98 Å². The Morgan fingerprint density at radius 3 is 2.50 bits per heavy atom. The van der Waals surface area contributed by atoms with Crippen molar-refractivity contribution in [3.8, 4) is 0 Å². The van der Waals surface area contributed by atoms with Crippen LogP contribution < -0.4 is 9.77 Å². The summed E-state index contributed by atoms with van der Waals surface area (Å²) in [5, 5.41) is 1.62. The number of nitrogens with one attached hydrogen (secondary N) is 1. The second-order valence-corrected chi connectivity index (χ2v) is 11.6. The lowest BCUT2D eigenvalue weighted by atomic mass is 9.69. The molecular weight excluding hydrogens is 468 g/mol. The van der Waals surface area contributed by atoms with Crippen molar-refractivity contribution >= 4 is 52.2 Å². The van der Waals surface area contributed by atoms with Gasteiger partial charge < -0.3 is 9.40 Å². The van der Waals surface area contributed by atoms with Gasteiger partial charge >= 0.3 is 4.87 Å².